The van der Waals surface area contributed by atoms with Crippen LogP contribution in [0.4, 0.5) is 4.79 Å². The second kappa shape index (κ2) is 11.5. The Labute approximate surface area is 191 Å². The summed E-state index contributed by atoms with van der Waals surface area (Å²) < 4.78 is 5.56. The Bertz CT molecular complexity index is 960. The van der Waals surface area contributed by atoms with Gasteiger partial charge in [-0.1, -0.05) is 86.2 Å². The Morgan fingerprint density at radius 3 is 2.28 bits per heavy atom. The molecule has 4 nitrogen and oxygen atoms in total. The monoisotopic (exact) mass is 431 g/mol. The number of nitrogens with one attached hydrogen (secondary N) is 1. The molecule has 32 heavy (non-hydrogen) atoms. The van der Waals surface area contributed by atoms with Gasteiger partial charge in [-0.2, -0.15) is 0 Å². The number of fused-ring (bicyclic) bond motifs is 3. The molecule has 0 bridgehead atoms. The van der Waals surface area contributed by atoms with Crippen LogP contribution in [0.1, 0.15) is 57.1 Å². The molecule has 0 aromatic heterocycles. The van der Waals surface area contributed by atoms with Crippen molar-refractivity contribution in [2.24, 2.45) is 5.92 Å². The lowest BCUT2D eigenvalue weighted by Crippen LogP contribution is -2.26. The first kappa shape index (κ1) is 23.5. The third-order valence-corrected chi connectivity index (χ3v) is 6.07. The fourth-order valence-electron chi connectivity index (χ4n) is 4.24. The number of amides is 1. The van der Waals surface area contributed by atoms with E-state index >= 15 is 0 Å². The number of allylic oxidation sites excluding steroid dienone is 3. The summed E-state index contributed by atoms with van der Waals surface area (Å²) in [6.45, 7) is 6.69. The van der Waals surface area contributed by atoms with E-state index in [1.54, 1.807) is 0 Å². The highest BCUT2D eigenvalue weighted by Gasteiger charge is 2.28. The maximum Gasteiger partial charge on any atom is 0.407 e. The van der Waals surface area contributed by atoms with Gasteiger partial charge < -0.3 is 10.1 Å². The molecule has 1 atom stereocenters. The fourth-order valence-corrected chi connectivity index (χ4v) is 4.24. The number of hydrogen-bond donors (Lipinski definition) is 1. The molecule has 2 aromatic rings. The molecule has 3 rings (SSSR count). The van der Waals surface area contributed by atoms with Crippen molar-refractivity contribution in [1.82, 2.24) is 5.32 Å². The van der Waals surface area contributed by atoms with Crippen molar-refractivity contribution in [2.75, 3.05) is 13.2 Å². The highest BCUT2D eigenvalue weighted by Crippen LogP contribution is 2.44. The van der Waals surface area contributed by atoms with E-state index in [0.717, 1.165) is 12.0 Å². The first-order valence-corrected chi connectivity index (χ1v) is 11.5. The summed E-state index contributed by atoms with van der Waals surface area (Å²) in [6.07, 6.45) is 7.74. The van der Waals surface area contributed by atoms with Crippen molar-refractivity contribution in [1.29, 1.82) is 0 Å². The maximum atomic E-state index is 12.2. The summed E-state index contributed by atoms with van der Waals surface area (Å²) in [5.41, 5.74) is 5.99. The molecule has 1 aliphatic carbocycles. The zero-order valence-electron chi connectivity index (χ0n) is 19.3. The van der Waals surface area contributed by atoms with E-state index in [2.05, 4.69) is 29.6 Å². The summed E-state index contributed by atoms with van der Waals surface area (Å²) in [4.78, 5) is 24.0. The number of carbonyl (C=O) groups is 2. The van der Waals surface area contributed by atoms with Gasteiger partial charge in [0, 0.05) is 24.8 Å². The quantitative estimate of drug-likeness (QED) is 0.349. The zero-order chi connectivity index (χ0) is 22.9. The van der Waals surface area contributed by atoms with Crippen LogP contribution in [0.2, 0.25) is 0 Å². The van der Waals surface area contributed by atoms with E-state index in [0.29, 0.717) is 26.0 Å². The van der Waals surface area contributed by atoms with Crippen LogP contribution in [-0.2, 0) is 9.53 Å². The minimum Gasteiger partial charge on any atom is -0.449 e. The van der Waals surface area contributed by atoms with Gasteiger partial charge >= 0.3 is 6.09 Å². The second-order valence-electron chi connectivity index (χ2n) is 8.23. The van der Waals surface area contributed by atoms with Crippen LogP contribution in [0.5, 0.6) is 0 Å². The number of alkyl carbamates (subject to hydrolysis) is 1. The third kappa shape index (κ3) is 5.76. The average Bonchev–Trinajstić information content (AvgIpc) is 3.14. The Hall–Kier alpha value is -3.14. The first-order valence-electron chi connectivity index (χ1n) is 11.5. The van der Waals surface area contributed by atoms with Gasteiger partial charge in [0.15, 0.2) is 0 Å². The molecule has 168 valence electrons. The van der Waals surface area contributed by atoms with Crippen LogP contribution in [-0.4, -0.2) is 25.0 Å². The largest absolute Gasteiger partial charge is 0.449 e. The van der Waals surface area contributed by atoms with E-state index in [-0.39, 0.29) is 17.6 Å². The highest BCUT2D eigenvalue weighted by molar-refractivity contribution is 5.80. The molecule has 2 aromatic carbocycles. The molecule has 0 heterocycles. The van der Waals surface area contributed by atoms with Crippen molar-refractivity contribution >= 4 is 11.9 Å². The van der Waals surface area contributed by atoms with Crippen molar-refractivity contribution in [3.63, 3.8) is 0 Å². The van der Waals surface area contributed by atoms with Crippen LogP contribution in [0.3, 0.4) is 0 Å². The molecule has 0 spiro atoms. The summed E-state index contributed by atoms with van der Waals surface area (Å²) >= 11 is 0. The molecule has 1 N–H and O–H groups in total. The third-order valence-electron chi connectivity index (χ3n) is 6.07. The minimum atomic E-state index is -0.395. The van der Waals surface area contributed by atoms with Crippen LogP contribution >= 0.6 is 0 Å². The van der Waals surface area contributed by atoms with E-state index < -0.39 is 6.09 Å². The van der Waals surface area contributed by atoms with Gasteiger partial charge in [0.2, 0.25) is 0 Å². The lowest BCUT2D eigenvalue weighted by atomic mass is 9.95. The van der Waals surface area contributed by atoms with Crippen LogP contribution in [0.15, 0.2) is 72.3 Å². The van der Waals surface area contributed by atoms with Gasteiger partial charge in [-0.25, -0.2) is 4.79 Å². The predicted molar refractivity (Wildman–Crippen MR) is 130 cm³/mol. The molecule has 0 radical (unpaired) electrons. The van der Waals surface area contributed by atoms with Crippen LogP contribution in [0, 0.1) is 5.92 Å². The van der Waals surface area contributed by atoms with Crippen molar-refractivity contribution < 1.29 is 14.3 Å². The predicted octanol–water partition coefficient (Wildman–Crippen LogP) is 6.42. The molecule has 0 saturated heterocycles. The van der Waals surface area contributed by atoms with Gasteiger partial charge in [0.05, 0.1) is 0 Å². The molecule has 4 heteroatoms. The normalized spacial score (nSPS) is 14.2. The SMILES string of the molecule is CC=C(C=CCCNC(=O)OCC1c2ccccc2-c2ccccc21)CC(C)C(=O)CC. The first-order chi connectivity index (χ1) is 15.5. The lowest BCUT2D eigenvalue weighted by Gasteiger charge is -2.14. The Morgan fingerprint density at radius 2 is 1.69 bits per heavy atom. The summed E-state index contributed by atoms with van der Waals surface area (Å²) in [5, 5.41) is 2.83. The summed E-state index contributed by atoms with van der Waals surface area (Å²) in [5.74, 6) is 0.391. The Morgan fingerprint density at radius 1 is 1.06 bits per heavy atom. The number of hydrogen-bond acceptors (Lipinski definition) is 3. The molecular formula is C28H33NO3. The van der Waals surface area contributed by atoms with Crippen LogP contribution in [0.25, 0.3) is 11.1 Å². The summed E-state index contributed by atoms with van der Waals surface area (Å²) in [7, 11) is 0. The number of benzene rings is 2. The lowest BCUT2D eigenvalue weighted by molar-refractivity contribution is -0.122. The van der Waals surface area contributed by atoms with E-state index in [1.165, 1.54) is 22.3 Å². The van der Waals surface area contributed by atoms with Gasteiger partial charge in [-0.15, -0.1) is 0 Å². The van der Waals surface area contributed by atoms with Gasteiger partial charge in [0.1, 0.15) is 12.4 Å². The molecule has 1 aliphatic rings. The number of ether oxygens (including phenoxy) is 1. The standard InChI is InChI=1S/C28H33NO3/c1-4-21(18-20(3)27(30)5-2)12-10-11-17-29-28(31)32-19-26-24-15-8-6-13-22(24)23-14-7-9-16-25(23)26/h4,6-10,12-16,20,26H,5,11,17-19H2,1-3H3,(H,29,31). The highest BCUT2D eigenvalue weighted by atomic mass is 16.5. The molecular weight excluding hydrogens is 398 g/mol. The van der Waals surface area contributed by atoms with Gasteiger partial charge in [-0.3, -0.25) is 4.79 Å². The molecule has 1 amide bonds. The van der Waals surface area contributed by atoms with Gasteiger partial charge in [-0.05, 0) is 42.0 Å². The average molecular weight is 432 g/mol. The topological polar surface area (TPSA) is 55.4 Å². The summed E-state index contributed by atoms with van der Waals surface area (Å²) in [6, 6.07) is 16.6. The van der Waals surface area contributed by atoms with Gasteiger partial charge in [0.25, 0.3) is 0 Å². The Balaban J connectivity index is 1.44. The number of rotatable bonds is 10. The Kier molecular flexibility index (Phi) is 8.43. The van der Waals surface area contributed by atoms with E-state index in [4.69, 9.17) is 4.74 Å². The van der Waals surface area contributed by atoms with Crippen molar-refractivity contribution in [3.05, 3.63) is 83.5 Å². The van der Waals surface area contributed by atoms with Crippen LogP contribution < -0.4 is 5.32 Å². The van der Waals surface area contributed by atoms with Crippen molar-refractivity contribution in [2.45, 2.75) is 46.0 Å². The number of Topliss-reactive ketones (excluding diaryl/α,β-unsaturated/α-hetero) is 1. The molecule has 1 unspecified atom stereocenters. The minimum absolute atomic E-state index is 0.0369. The smallest absolute Gasteiger partial charge is 0.407 e. The number of ketones is 1. The molecule has 0 aliphatic heterocycles. The van der Waals surface area contributed by atoms with E-state index in [9.17, 15) is 9.59 Å². The fraction of sp³-hybridized carbons (Fsp3) is 0.357. The van der Waals surface area contributed by atoms with E-state index in [1.807, 2.05) is 63.3 Å². The van der Waals surface area contributed by atoms with Crippen molar-refractivity contribution in [3.8, 4) is 11.1 Å². The maximum absolute atomic E-state index is 12.2. The zero-order valence-corrected chi connectivity index (χ0v) is 19.3. The molecule has 0 fully saturated rings. The second-order valence-corrected chi connectivity index (χ2v) is 8.23. The molecule has 0 saturated carbocycles. The number of carbonyl (C=O) groups excluding carboxylic acids is 2.